The highest BCUT2D eigenvalue weighted by atomic mass is 32.1. The van der Waals surface area contributed by atoms with Crippen molar-refractivity contribution >= 4 is 11.3 Å². The van der Waals surface area contributed by atoms with Gasteiger partial charge < -0.3 is 10.1 Å². The van der Waals surface area contributed by atoms with Gasteiger partial charge in [0.1, 0.15) is 0 Å². The minimum atomic E-state index is 0.397. The highest BCUT2D eigenvalue weighted by molar-refractivity contribution is 7.07. The van der Waals surface area contributed by atoms with E-state index in [2.05, 4.69) is 36.0 Å². The molecule has 21 heavy (non-hydrogen) atoms. The zero-order chi connectivity index (χ0) is 14.9. The number of ether oxygens (including phenoxy) is 1. The molecule has 1 heterocycles. The Hall–Kier alpha value is -0.380. The van der Waals surface area contributed by atoms with Crippen LogP contribution in [0, 0.1) is 5.92 Å². The van der Waals surface area contributed by atoms with Gasteiger partial charge in [0.05, 0.1) is 6.10 Å². The number of hydrogen-bond acceptors (Lipinski definition) is 3. The molecule has 1 aromatic heterocycles. The van der Waals surface area contributed by atoms with Crippen LogP contribution in [0.4, 0.5) is 0 Å². The van der Waals surface area contributed by atoms with E-state index in [9.17, 15) is 0 Å². The standard InChI is InChI=1S/C18H31NOS/c1-3-19-17(11-10-15-12-13-21-14-15)18(20-4-2)16-8-6-5-7-9-16/h12-14,16-19H,3-11H2,1-2H3. The van der Waals surface area contributed by atoms with Crippen molar-refractivity contribution in [2.24, 2.45) is 5.92 Å². The Kier molecular flexibility index (Phi) is 7.76. The van der Waals surface area contributed by atoms with Crippen LogP contribution in [0.15, 0.2) is 16.8 Å². The van der Waals surface area contributed by atoms with E-state index >= 15 is 0 Å². The summed E-state index contributed by atoms with van der Waals surface area (Å²) in [5.74, 6) is 0.755. The lowest BCUT2D eigenvalue weighted by molar-refractivity contribution is -0.0189. The van der Waals surface area contributed by atoms with Gasteiger partial charge >= 0.3 is 0 Å². The van der Waals surface area contributed by atoms with Crippen molar-refractivity contribution < 1.29 is 4.74 Å². The van der Waals surface area contributed by atoms with Crippen molar-refractivity contribution in [3.8, 4) is 0 Å². The molecule has 0 saturated heterocycles. The largest absolute Gasteiger partial charge is 0.377 e. The van der Waals surface area contributed by atoms with Gasteiger partial charge in [-0.2, -0.15) is 11.3 Å². The van der Waals surface area contributed by atoms with Crippen molar-refractivity contribution in [3.05, 3.63) is 22.4 Å². The van der Waals surface area contributed by atoms with Gasteiger partial charge in [0.15, 0.2) is 0 Å². The Morgan fingerprint density at radius 3 is 2.71 bits per heavy atom. The summed E-state index contributed by atoms with van der Waals surface area (Å²) in [7, 11) is 0. The zero-order valence-corrected chi connectivity index (χ0v) is 14.5. The summed E-state index contributed by atoms with van der Waals surface area (Å²) in [6.45, 7) is 6.21. The minimum absolute atomic E-state index is 0.397. The van der Waals surface area contributed by atoms with Gasteiger partial charge in [-0.1, -0.05) is 26.2 Å². The first-order valence-corrected chi connectivity index (χ1v) is 9.65. The van der Waals surface area contributed by atoms with Crippen LogP contribution in [-0.4, -0.2) is 25.3 Å². The van der Waals surface area contributed by atoms with Crippen molar-refractivity contribution in [2.45, 2.75) is 70.9 Å². The van der Waals surface area contributed by atoms with E-state index in [1.807, 2.05) is 0 Å². The fraction of sp³-hybridized carbons (Fsp3) is 0.778. The second-order valence-electron chi connectivity index (χ2n) is 6.15. The Balaban J connectivity index is 1.96. The lowest BCUT2D eigenvalue weighted by Gasteiger charge is -2.36. The fourth-order valence-electron chi connectivity index (χ4n) is 3.64. The van der Waals surface area contributed by atoms with Crippen molar-refractivity contribution in [2.75, 3.05) is 13.2 Å². The Bertz CT molecular complexity index is 359. The first-order chi connectivity index (χ1) is 10.3. The number of aryl methyl sites for hydroxylation is 1. The zero-order valence-electron chi connectivity index (χ0n) is 13.6. The van der Waals surface area contributed by atoms with E-state index in [0.29, 0.717) is 12.1 Å². The van der Waals surface area contributed by atoms with Crippen LogP contribution >= 0.6 is 11.3 Å². The Morgan fingerprint density at radius 2 is 2.10 bits per heavy atom. The highest BCUT2D eigenvalue weighted by Crippen LogP contribution is 2.30. The van der Waals surface area contributed by atoms with Gasteiger partial charge in [-0.05, 0) is 67.5 Å². The van der Waals surface area contributed by atoms with Gasteiger partial charge in [0, 0.05) is 12.6 Å². The van der Waals surface area contributed by atoms with Gasteiger partial charge in [-0.25, -0.2) is 0 Å². The third kappa shape index (κ3) is 5.39. The summed E-state index contributed by atoms with van der Waals surface area (Å²) < 4.78 is 6.21. The second kappa shape index (κ2) is 9.60. The monoisotopic (exact) mass is 309 g/mol. The number of likely N-dealkylation sites (N-methyl/N-ethyl adjacent to an activating group) is 1. The van der Waals surface area contributed by atoms with Crippen LogP contribution in [0.3, 0.4) is 0 Å². The van der Waals surface area contributed by atoms with Crippen LogP contribution in [-0.2, 0) is 11.2 Å². The summed E-state index contributed by atoms with van der Waals surface area (Å²) in [4.78, 5) is 0. The van der Waals surface area contributed by atoms with Crippen LogP contribution in [0.25, 0.3) is 0 Å². The van der Waals surface area contributed by atoms with E-state index in [1.54, 1.807) is 11.3 Å². The molecule has 1 fully saturated rings. The predicted molar refractivity (Wildman–Crippen MR) is 92.1 cm³/mol. The molecule has 0 bridgehead atoms. The summed E-state index contributed by atoms with van der Waals surface area (Å²) >= 11 is 1.80. The fourth-order valence-corrected chi connectivity index (χ4v) is 4.34. The Labute approximate surface area is 134 Å². The van der Waals surface area contributed by atoms with E-state index in [4.69, 9.17) is 4.74 Å². The minimum Gasteiger partial charge on any atom is -0.377 e. The molecule has 120 valence electrons. The third-order valence-corrected chi connectivity index (χ3v) is 5.39. The third-order valence-electron chi connectivity index (χ3n) is 4.66. The number of hydrogen-bond donors (Lipinski definition) is 1. The van der Waals surface area contributed by atoms with E-state index < -0.39 is 0 Å². The molecule has 0 amide bonds. The molecule has 0 aliphatic heterocycles. The van der Waals surface area contributed by atoms with E-state index in [1.165, 1.54) is 44.1 Å². The molecule has 2 rings (SSSR count). The van der Waals surface area contributed by atoms with Gasteiger partial charge in [0.25, 0.3) is 0 Å². The summed E-state index contributed by atoms with van der Waals surface area (Å²) in [5.41, 5.74) is 1.47. The molecule has 2 nitrogen and oxygen atoms in total. The summed E-state index contributed by atoms with van der Waals surface area (Å²) in [6, 6.07) is 2.75. The molecule has 1 saturated carbocycles. The molecule has 2 unspecified atom stereocenters. The van der Waals surface area contributed by atoms with Gasteiger partial charge in [-0.3, -0.25) is 0 Å². The molecular formula is C18H31NOS. The first kappa shape index (κ1) is 17.0. The predicted octanol–water partition coefficient (Wildman–Crippen LogP) is 4.64. The maximum Gasteiger partial charge on any atom is 0.0756 e. The maximum atomic E-state index is 6.21. The molecule has 0 radical (unpaired) electrons. The molecule has 1 aliphatic rings. The summed E-state index contributed by atoms with van der Waals surface area (Å²) in [5, 5.41) is 8.16. The van der Waals surface area contributed by atoms with Crippen molar-refractivity contribution in [3.63, 3.8) is 0 Å². The molecule has 1 aliphatic carbocycles. The molecular weight excluding hydrogens is 278 g/mol. The number of nitrogens with one attached hydrogen (secondary N) is 1. The second-order valence-corrected chi connectivity index (χ2v) is 6.93. The molecule has 0 spiro atoms. The topological polar surface area (TPSA) is 21.3 Å². The van der Waals surface area contributed by atoms with E-state index in [0.717, 1.165) is 25.5 Å². The molecule has 0 aromatic carbocycles. The highest BCUT2D eigenvalue weighted by Gasteiger charge is 2.30. The Morgan fingerprint density at radius 1 is 1.29 bits per heavy atom. The lowest BCUT2D eigenvalue weighted by Crippen LogP contribution is -2.46. The van der Waals surface area contributed by atoms with E-state index in [-0.39, 0.29) is 0 Å². The van der Waals surface area contributed by atoms with Crippen LogP contribution < -0.4 is 5.32 Å². The average molecular weight is 310 g/mol. The van der Waals surface area contributed by atoms with Crippen LogP contribution in [0.1, 0.15) is 57.9 Å². The maximum absolute atomic E-state index is 6.21. The van der Waals surface area contributed by atoms with Gasteiger partial charge in [0.2, 0.25) is 0 Å². The lowest BCUT2D eigenvalue weighted by atomic mass is 9.81. The smallest absolute Gasteiger partial charge is 0.0756 e. The normalized spacial score (nSPS) is 19.5. The average Bonchev–Trinajstić information content (AvgIpc) is 3.04. The van der Waals surface area contributed by atoms with Crippen LogP contribution in [0.5, 0.6) is 0 Å². The van der Waals surface area contributed by atoms with Crippen molar-refractivity contribution in [1.82, 2.24) is 5.32 Å². The van der Waals surface area contributed by atoms with Crippen LogP contribution in [0.2, 0.25) is 0 Å². The first-order valence-electron chi connectivity index (χ1n) is 8.71. The summed E-state index contributed by atoms with van der Waals surface area (Å²) in [6.07, 6.45) is 9.64. The molecule has 1 N–H and O–H groups in total. The molecule has 1 aromatic rings. The number of thiophene rings is 1. The number of rotatable bonds is 9. The molecule has 2 atom stereocenters. The molecule has 3 heteroatoms. The van der Waals surface area contributed by atoms with Gasteiger partial charge in [-0.15, -0.1) is 0 Å². The van der Waals surface area contributed by atoms with Crippen molar-refractivity contribution in [1.29, 1.82) is 0 Å². The quantitative estimate of drug-likeness (QED) is 0.717. The SMILES string of the molecule is CCNC(CCc1ccsc1)C(OCC)C1CCCCC1.